The van der Waals surface area contributed by atoms with Crippen LogP contribution < -0.4 is 5.32 Å². The van der Waals surface area contributed by atoms with Gasteiger partial charge in [-0.2, -0.15) is 15.4 Å². The van der Waals surface area contributed by atoms with Crippen LogP contribution in [0.15, 0.2) is 48.7 Å². The summed E-state index contributed by atoms with van der Waals surface area (Å²) in [5.74, 6) is 0. The van der Waals surface area contributed by atoms with Crippen molar-refractivity contribution < 1.29 is 0 Å². The van der Waals surface area contributed by atoms with E-state index in [9.17, 15) is 0 Å². The van der Waals surface area contributed by atoms with Gasteiger partial charge in [-0.15, -0.1) is 0 Å². The van der Waals surface area contributed by atoms with Gasteiger partial charge in [0.25, 0.3) is 0 Å². The van der Waals surface area contributed by atoms with Crippen molar-refractivity contribution in [1.29, 1.82) is 0 Å². The summed E-state index contributed by atoms with van der Waals surface area (Å²) in [6.07, 6.45) is 1.75. The Labute approximate surface area is 105 Å². The lowest BCUT2D eigenvalue weighted by molar-refractivity contribution is 0.672. The van der Waals surface area contributed by atoms with Crippen molar-refractivity contribution >= 4 is 10.8 Å². The smallest absolute Gasteiger partial charge is 0.104 e. The Kier molecular flexibility index (Phi) is 2.78. The van der Waals surface area contributed by atoms with Gasteiger partial charge in [-0.1, -0.05) is 42.5 Å². The molecular weight excluding hydrogens is 224 g/mol. The number of hydrogen-bond acceptors (Lipinski definition) is 3. The average molecular weight is 238 g/mol. The van der Waals surface area contributed by atoms with E-state index >= 15 is 0 Å². The van der Waals surface area contributed by atoms with Gasteiger partial charge in [-0.05, 0) is 23.4 Å². The first-order chi connectivity index (χ1) is 8.90. The van der Waals surface area contributed by atoms with E-state index in [-0.39, 0.29) is 6.04 Å². The molecule has 0 aliphatic rings. The van der Waals surface area contributed by atoms with Crippen LogP contribution in [-0.2, 0) is 0 Å². The van der Waals surface area contributed by atoms with E-state index in [1.165, 1.54) is 16.3 Å². The Bertz CT molecular complexity index is 640. The molecule has 3 rings (SSSR count). The largest absolute Gasteiger partial charge is 0.308 e. The highest BCUT2D eigenvalue weighted by Gasteiger charge is 2.16. The average Bonchev–Trinajstić information content (AvgIpc) is 2.94. The molecule has 0 aliphatic carbocycles. The van der Waals surface area contributed by atoms with E-state index in [1.54, 1.807) is 6.20 Å². The fourth-order valence-corrected chi connectivity index (χ4v) is 2.31. The third-order valence-electron chi connectivity index (χ3n) is 3.15. The SMILES string of the molecule is CNC(c1cn[nH]n1)c1cccc2ccccc12. The quantitative estimate of drug-likeness (QED) is 0.736. The molecule has 90 valence electrons. The van der Waals surface area contributed by atoms with Gasteiger partial charge in [0.05, 0.1) is 12.2 Å². The van der Waals surface area contributed by atoms with E-state index in [0.717, 1.165) is 5.69 Å². The summed E-state index contributed by atoms with van der Waals surface area (Å²) < 4.78 is 0. The molecule has 0 aliphatic heterocycles. The van der Waals surface area contributed by atoms with Gasteiger partial charge >= 0.3 is 0 Å². The first-order valence-corrected chi connectivity index (χ1v) is 5.91. The Balaban J connectivity index is 2.18. The van der Waals surface area contributed by atoms with Crippen molar-refractivity contribution in [2.75, 3.05) is 7.05 Å². The molecule has 1 atom stereocenters. The van der Waals surface area contributed by atoms with Crippen LogP contribution in [0.2, 0.25) is 0 Å². The molecule has 0 amide bonds. The molecule has 2 N–H and O–H groups in total. The third-order valence-corrected chi connectivity index (χ3v) is 3.15. The highest BCUT2D eigenvalue weighted by Crippen LogP contribution is 2.27. The number of nitrogens with zero attached hydrogens (tertiary/aromatic N) is 2. The highest BCUT2D eigenvalue weighted by molar-refractivity contribution is 5.86. The van der Waals surface area contributed by atoms with Crippen LogP contribution in [0.5, 0.6) is 0 Å². The Hall–Kier alpha value is -2.20. The van der Waals surface area contributed by atoms with Crippen molar-refractivity contribution in [3.8, 4) is 0 Å². The molecule has 1 heterocycles. The maximum atomic E-state index is 4.17. The van der Waals surface area contributed by atoms with Gasteiger partial charge in [0.15, 0.2) is 0 Å². The highest BCUT2D eigenvalue weighted by atomic mass is 15.3. The minimum atomic E-state index is 0.0508. The van der Waals surface area contributed by atoms with Crippen LogP contribution in [0.4, 0.5) is 0 Å². The second-order valence-electron chi connectivity index (χ2n) is 4.18. The second kappa shape index (κ2) is 4.58. The fraction of sp³-hybridized carbons (Fsp3) is 0.143. The number of aromatic amines is 1. The summed E-state index contributed by atoms with van der Waals surface area (Å²) in [5, 5.41) is 16.5. The molecule has 0 saturated carbocycles. The van der Waals surface area contributed by atoms with Gasteiger partial charge in [-0.25, -0.2) is 0 Å². The fourth-order valence-electron chi connectivity index (χ4n) is 2.31. The number of aromatic nitrogens is 3. The third kappa shape index (κ3) is 1.76. The minimum absolute atomic E-state index is 0.0508. The number of hydrogen-bond donors (Lipinski definition) is 2. The van der Waals surface area contributed by atoms with Crippen molar-refractivity contribution in [3.05, 3.63) is 59.9 Å². The number of H-pyrrole nitrogens is 1. The maximum Gasteiger partial charge on any atom is 0.104 e. The predicted molar refractivity (Wildman–Crippen MR) is 71.2 cm³/mol. The molecule has 2 aromatic carbocycles. The molecule has 0 spiro atoms. The van der Waals surface area contributed by atoms with Gasteiger partial charge in [0.1, 0.15) is 5.69 Å². The molecule has 1 aromatic heterocycles. The zero-order valence-electron chi connectivity index (χ0n) is 10.1. The van der Waals surface area contributed by atoms with Crippen LogP contribution in [0.1, 0.15) is 17.3 Å². The lowest BCUT2D eigenvalue weighted by Crippen LogP contribution is -2.18. The monoisotopic (exact) mass is 238 g/mol. The van der Waals surface area contributed by atoms with Crippen LogP contribution >= 0.6 is 0 Å². The summed E-state index contributed by atoms with van der Waals surface area (Å²) in [7, 11) is 1.93. The molecule has 0 fully saturated rings. The zero-order valence-corrected chi connectivity index (χ0v) is 10.1. The lowest BCUT2D eigenvalue weighted by Gasteiger charge is -2.16. The summed E-state index contributed by atoms with van der Waals surface area (Å²) in [5.41, 5.74) is 2.11. The first kappa shape index (κ1) is 10.9. The van der Waals surface area contributed by atoms with E-state index < -0.39 is 0 Å². The van der Waals surface area contributed by atoms with E-state index in [2.05, 4.69) is 63.2 Å². The Morgan fingerprint density at radius 2 is 1.94 bits per heavy atom. The number of rotatable bonds is 3. The summed E-state index contributed by atoms with van der Waals surface area (Å²) in [6, 6.07) is 14.7. The molecule has 0 saturated heterocycles. The normalized spacial score (nSPS) is 12.7. The summed E-state index contributed by atoms with van der Waals surface area (Å²) in [4.78, 5) is 0. The van der Waals surface area contributed by atoms with E-state index in [4.69, 9.17) is 0 Å². The molecule has 4 nitrogen and oxygen atoms in total. The minimum Gasteiger partial charge on any atom is -0.308 e. The van der Waals surface area contributed by atoms with Gasteiger partial charge in [0.2, 0.25) is 0 Å². The molecule has 18 heavy (non-hydrogen) atoms. The standard InChI is InChI=1S/C14H14N4/c1-15-14(13-9-16-18-17-13)12-8-4-6-10-5-2-3-7-11(10)12/h2-9,14-15H,1H3,(H,16,17,18). The molecule has 3 aromatic rings. The summed E-state index contributed by atoms with van der Waals surface area (Å²) >= 11 is 0. The van der Waals surface area contributed by atoms with Crippen LogP contribution in [-0.4, -0.2) is 22.5 Å². The van der Waals surface area contributed by atoms with Crippen molar-refractivity contribution in [2.24, 2.45) is 0 Å². The van der Waals surface area contributed by atoms with Crippen LogP contribution in [0, 0.1) is 0 Å². The van der Waals surface area contributed by atoms with Crippen LogP contribution in [0.25, 0.3) is 10.8 Å². The maximum absolute atomic E-state index is 4.17. The lowest BCUT2D eigenvalue weighted by atomic mass is 9.97. The summed E-state index contributed by atoms with van der Waals surface area (Å²) in [6.45, 7) is 0. The topological polar surface area (TPSA) is 53.6 Å². The van der Waals surface area contributed by atoms with Gasteiger partial charge < -0.3 is 5.32 Å². The molecule has 0 radical (unpaired) electrons. The van der Waals surface area contributed by atoms with E-state index in [0.29, 0.717) is 0 Å². The van der Waals surface area contributed by atoms with E-state index in [1.807, 2.05) is 7.05 Å². The van der Waals surface area contributed by atoms with Crippen molar-refractivity contribution in [1.82, 2.24) is 20.7 Å². The zero-order chi connectivity index (χ0) is 12.4. The van der Waals surface area contributed by atoms with Gasteiger partial charge in [-0.3, -0.25) is 0 Å². The second-order valence-corrected chi connectivity index (χ2v) is 4.18. The number of fused-ring (bicyclic) bond motifs is 1. The predicted octanol–water partition coefficient (Wildman–Crippen LogP) is 2.27. The van der Waals surface area contributed by atoms with Crippen molar-refractivity contribution in [2.45, 2.75) is 6.04 Å². The molecular formula is C14H14N4. The van der Waals surface area contributed by atoms with Crippen molar-refractivity contribution in [3.63, 3.8) is 0 Å². The molecule has 4 heteroatoms. The Morgan fingerprint density at radius 3 is 2.72 bits per heavy atom. The molecule has 0 bridgehead atoms. The van der Waals surface area contributed by atoms with Gasteiger partial charge in [0, 0.05) is 0 Å². The number of benzene rings is 2. The Morgan fingerprint density at radius 1 is 1.11 bits per heavy atom. The first-order valence-electron chi connectivity index (χ1n) is 5.91. The molecule has 1 unspecified atom stereocenters. The van der Waals surface area contributed by atoms with Crippen LogP contribution in [0.3, 0.4) is 0 Å². The number of nitrogens with one attached hydrogen (secondary N) is 2.